The fourth-order valence-electron chi connectivity index (χ4n) is 2.70. The maximum absolute atomic E-state index is 12.2. The van der Waals surface area contributed by atoms with E-state index in [4.69, 9.17) is 4.42 Å². The van der Waals surface area contributed by atoms with Crippen LogP contribution >= 0.6 is 0 Å². The molecular weight excluding hydrogens is 228 g/mol. The second-order valence-corrected chi connectivity index (χ2v) is 5.24. The normalized spacial score (nSPS) is 25.1. The van der Waals surface area contributed by atoms with Gasteiger partial charge in [0.1, 0.15) is 11.5 Å². The molecule has 0 aromatic carbocycles. The average Bonchev–Trinajstić information content (AvgIpc) is 2.84. The van der Waals surface area contributed by atoms with Crippen molar-refractivity contribution < 1.29 is 9.21 Å². The van der Waals surface area contributed by atoms with E-state index in [0.717, 1.165) is 30.0 Å². The molecule has 2 rings (SSSR count). The summed E-state index contributed by atoms with van der Waals surface area (Å²) in [7, 11) is 0. The highest BCUT2D eigenvalue weighted by atomic mass is 16.3. The molecule has 0 saturated carbocycles. The number of hydrogen-bond acceptors (Lipinski definition) is 3. The molecule has 0 spiro atoms. The summed E-state index contributed by atoms with van der Waals surface area (Å²) in [6, 6.07) is 2.27. The van der Waals surface area contributed by atoms with Crippen LogP contribution in [0, 0.1) is 19.8 Å². The third-order valence-electron chi connectivity index (χ3n) is 3.77. The maximum atomic E-state index is 12.2. The van der Waals surface area contributed by atoms with Gasteiger partial charge in [0.25, 0.3) is 0 Å². The Bertz CT molecular complexity index is 439. The molecule has 0 aliphatic carbocycles. The van der Waals surface area contributed by atoms with E-state index in [9.17, 15) is 4.79 Å². The Morgan fingerprint density at radius 2 is 2.28 bits per heavy atom. The minimum atomic E-state index is 0.00255. The number of carbonyl (C=O) groups is 1. The summed E-state index contributed by atoms with van der Waals surface area (Å²) in [6.45, 7) is 8.85. The molecule has 3 unspecified atom stereocenters. The smallest absolute Gasteiger partial charge is 0.225 e. The Balaban J connectivity index is 2.01. The predicted octanol–water partition coefficient (Wildman–Crippen LogP) is 2.07. The second kappa shape index (κ2) is 5.14. The monoisotopic (exact) mass is 250 g/mol. The Morgan fingerprint density at radius 3 is 2.78 bits per heavy atom. The molecular formula is C14H22N2O2. The molecule has 18 heavy (non-hydrogen) atoms. The molecule has 0 radical (unpaired) electrons. The highest BCUT2D eigenvalue weighted by Crippen LogP contribution is 2.23. The zero-order chi connectivity index (χ0) is 13.3. The van der Waals surface area contributed by atoms with Crippen LogP contribution in [0.15, 0.2) is 10.5 Å². The summed E-state index contributed by atoms with van der Waals surface area (Å²) in [4.78, 5) is 12.2. The third kappa shape index (κ3) is 2.58. The van der Waals surface area contributed by atoms with Crippen molar-refractivity contribution in [3.05, 3.63) is 23.2 Å². The summed E-state index contributed by atoms with van der Waals surface area (Å²) < 4.78 is 5.50. The highest BCUT2D eigenvalue weighted by Gasteiger charge is 2.30. The fourth-order valence-corrected chi connectivity index (χ4v) is 2.70. The zero-order valence-electron chi connectivity index (χ0n) is 11.5. The van der Waals surface area contributed by atoms with E-state index in [1.54, 1.807) is 0 Å². The lowest BCUT2D eigenvalue weighted by Crippen LogP contribution is -2.37. The summed E-state index contributed by atoms with van der Waals surface area (Å²) in [5, 5.41) is 6.38. The van der Waals surface area contributed by atoms with Crippen molar-refractivity contribution in [1.82, 2.24) is 10.6 Å². The van der Waals surface area contributed by atoms with E-state index in [2.05, 4.69) is 17.6 Å². The molecule has 100 valence electrons. The molecule has 1 amide bonds. The number of furan rings is 1. The molecule has 2 N–H and O–H groups in total. The number of amides is 1. The van der Waals surface area contributed by atoms with Crippen LogP contribution in [0.4, 0.5) is 0 Å². The molecule has 1 fully saturated rings. The zero-order valence-corrected chi connectivity index (χ0v) is 11.5. The van der Waals surface area contributed by atoms with Gasteiger partial charge in [0, 0.05) is 11.6 Å². The Kier molecular flexibility index (Phi) is 3.76. The lowest BCUT2D eigenvalue weighted by Gasteiger charge is -2.19. The van der Waals surface area contributed by atoms with E-state index in [-0.39, 0.29) is 23.9 Å². The van der Waals surface area contributed by atoms with Crippen molar-refractivity contribution in [3.8, 4) is 0 Å². The standard InChI is InChI=1S/C14H22N2O2/c1-8-7-13(11(4)18-8)10(3)16-14(17)12-5-6-15-9(12)2/h7,9-10,12,15H,5-6H2,1-4H3,(H,16,17). The van der Waals surface area contributed by atoms with Gasteiger partial charge in [-0.1, -0.05) is 0 Å². The minimum Gasteiger partial charge on any atom is -0.466 e. The summed E-state index contributed by atoms with van der Waals surface area (Å²) >= 11 is 0. The lowest BCUT2D eigenvalue weighted by atomic mass is 10.00. The molecule has 1 aliphatic rings. The third-order valence-corrected chi connectivity index (χ3v) is 3.77. The van der Waals surface area contributed by atoms with Gasteiger partial charge in [0.2, 0.25) is 5.91 Å². The summed E-state index contributed by atoms with van der Waals surface area (Å²) in [5.41, 5.74) is 1.07. The van der Waals surface area contributed by atoms with Crippen molar-refractivity contribution in [2.24, 2.45) is 5.92 Å². The Morgan fingerprint density at radius 1 is 1.56 bits per heavy atom. The topological polar surface area (TPSA) is 54.3 Å². The lowest BCUT2D eigenvalue weighted by molar-refractivity contribution is -0.125. The van der Waals surface area contributed by atoms with Crippen LogP contribution in [0.1, 0.15) is 43.4 Å². The molecule has 0 bridgehead atoms. The first-order valence-corrected chi connectivity index (χ1v) is 6.59. The van der Waals surface area contributed by atoms with E-state index in [1.807, 2.05) is 26.8 Å². The molecule has 1 aliphatic heterocycles. The van der Waals surface area contributed by atoms with E-state index >= 15 is 0 Å². The van der Waals surface area contributed by atoms with E-state index < -0.39 is 0 Å². The minimum absolute atomic E-state index is 0.00255. The highest BCUT2D eigenvalue weighted by molar-refractivity contribution is 5.80. The first-order chi connectivity index (χ1) is 8.49. The van der Waals surface area contributed by atoms with Crippen LogP contribution in [0.3, 0.4) is 0 Å². The van der Waals surface area contributed by atoms with Crippen LogP contribution < -0.4 is 10.6 Å². The van der Waals surface area contributed by atoms with Crippen molar-refractivity contribution in [2.45, 2.75) is 46.2 Å². The average molecular weight is 250 g/mol. The van der Waals surface area contributed by atoms with Gasteiger partial charge < -0.3 is 15.1 Å². The number of rotatable bonds is 3. The van der Waals surface area contributed by atoms with Crippen LogP contribution in [0.5, 0.6) is 0 Å². The summed E-state index contributed by atoms with van der Waals surface area (Å²) in [5.74, 6) is 2.00. The largest absolute Gasteiger partial charge is 0.466 e. The molecule has 3 atom stereocenters. The quantitative estimate of drug-likeness (QED) is 0.863. The SMILES string of the molecule is Cc1cc(C(C)NC(=O)C2CCNC2C)c(C)o1. The van der Waals surface area contributed by atoms with Crippen LogP contribution in [-0.4, -0.2) is 18.5 Å². The summed E-state index contributed by atoms with van der Waals surface area (Å²) in [6.07, 6.45) is 0.920. The van der Waals surface area contributed by atoms with Gasteiger partial charge >= 0.3 is 0 Å². The molecule has 1 aromatic heterocycles. The molecule has 2 heterocycles. The van der Waals surface area contributed by atoms with Gasteiger partial charge in [-0.25, -0.2) is 0 Å². The Labute approximate surface area is 108 Å². The van der Waals surface area contributed by atoms with Crippen LogP contribution in [-0.2, 0) is 4.79 Å². The van der Waals surface area contributed by atoms with Gasteiger partial charge in [-0.15, -0.1) is 0 Å². The molecule has 4 heteroatoms. The number of aryl methyl sites for hydroxylation is 2. The first kappa shape index (κ1) is 13.1. The van der Waals surface area contributed by atoms with Crippen molar-refractivity contribution in [1.29, 1.82) is 0 Å². The van der Waals surface area contributed by atoms with Gasteiger partial charge in [-0.05, 0) is 46.7 Å². The fraction of sp³-hybridized carbons (Fsp3) is 0.643. The number of hydrogen-bond donors (Lipinski definition) is 2. The van der Waals surface area contributed by atoms with E-state index in [0.29, 0.717) is 0 Å². The van der Waals surface area contributed by atoms with Gasteiger partial charge in [-0.3, -0.25) is 4.79 Å². The van der Waals surface area contributed by atoms with Crippen LogP contribution in [0.2, 0.25) is 0 Å². The number of carbonyl (C=O) groups excluding carboxylic acids is 1. The molecule has 1 aromatic rings. The van der Waals surface area contributed by atoms with Crippen molar-refractivity contribution in [2.75, 3.05) is 6.54 Å². The van der Waals surface area contributed by atoms with Gasteiger partial charge in [-0.2, -0.15) is 0 Å². The number of nitrogens with one attached hydrogen (secondary N) is 2. The second-order valence-electron chi connectivity index (χ2n) is 5.24. The van der Waals surface area contributed by atoms with Gasteiger partial charge in [0.15, 0.2) is 0 Å². The van der Waals surface area contributed by atoms with Crippen molar-refractivity contribution >= 4 is 5.91 Å². The van der Waals surface area contributed by atoms with E-state index in [1.165, 1.54) is 0 Å². The maximum Gasteiger partial charge on any atom is 0.225 e. The van der Waals surface area contributed by atoms with Crippen molar-refractivity contribution in [3.63, 3.8) is 0 Å². The Hall–Kier alpha value is -1.29. The first-order valence-electron chi connectivity index (χ1n) is 6.59. The molecule has 4 nitrogen and oxygen atoms in total. The van der Waals surface area contributed by atoms with Crippen LogP contribution in [0.25, 0.3) is 0 Å². The molecule has 1 saturated heterocycles. The van der Waals surface area contributed by atoms with Gasteiger partial charge in [0.05, 0.1) is 12.0 Å². The predicted molar refractivity (Wildman–Crippen MR) is 70.3 cm³/mol.